The van der Waals surface area contributed by atoms with Crippen LogP contribution < -0.4 is 10.1 Å². The molecule has 5 heterocycles. The molecule has 2 aliphatic heterocycles. The fraction of sp³-hybridized carbons (Fsp3) is 0.226. The molecule has 0 radical (unpaired) electrons. The maximum absolute atomic E-state index is 13.6. The molecular formula is C31H27FN8O2. The Balaban J connectivity index is 1.14. The molecule has 11 heteroatoms. The summed E-state index contributed by atoms with van der Waals surface area (Å²) in [7, 11) is 1.85. The number of nitrogens with zero attached hydrogens (tertiary/aromatic N) is 7. The highest BCUT2D eigenvalue weighted by molar-refractivity contribution is 5.93. The molecule has 5 aromatic rings. The zero-order valence-electron chi connectivity index (χ0n) is 23.1. The van der Waals surface area contributed by atoms with Gasteiger partial charge in [-0.2, -0.15) is 0 Å². The van der Waals surface area contributed by atoms with Crippen molar-refractivity contribution in [1.82, 2.24) is 34.8 Å². The zero-order valence-corrected chi connectivity index (χ0v) is 23.1. The second-order valence-electron chi connectivity index (χ2n) is 10.7. The minimum absolute atomic E-state index is 0.0663. The van der Waals surface area contributed by atoms with E-state index in [1.807, 2.05) is 68.6 Å². The lowest BCUT2D eigenvalue weighted by molar-refractivity contribution is -0.130. The third-order valence-electron chi connectivity index (χ3n) is 7.92. The van der Waals surface area contributed by atoms with Crippen molar-refractivity contribution in [2.45, 2.75) is 38.3 Å². The Bertz CT molecular complexity index is 1930. The molecule has 210 valence electrons. The van der Waals surface area contributed by atoms with Crippen molar-refractivity contribution in [3.8, 4) is 11.5 Å². The molecule has 1 N–H and O–H groups in total. The number of benzene rings is 2. The number of ether oxygens (including phenoxy) is 1. The topological polar surface area (TPSA) is 111 Å². The van der Waals surface area contributed by atoms with E-state index in [-0.39, 0.29) is 12.1 Å². The summed E-state index contributed by atoms with van der Waals surface area (Å²) in [5, 5.41) is 11.6. The fourth-order valence-corrected chi connectivity index (χ4v) is 5.88. The highest BCUT2D eigenvalue weighted by Gasteiger charge is 2.40. The maximum atomic E-state index is 13.6. The number of aromatic nitrogens is 6. The first-order chi connectivity index (χ1) is 20.3. The molecule has 2 unspecified atom stereocenters. The number of hydrogen-bond acceptors (Lipinski definition) is 8. The van der Waals surface area contributed by atoms with Crippen LogP contribution in [0, 0.1) is 6.92 Å². The number of aryl methyl sites for hydroxylation is 2. The first-order valence-corrected chi connectivity index (χ1v) is 13.7. The number of pyridine rings is 1. The van der Waals surface area contributed by atoms with Crippen molar-refractivity contribution < 1.29 is 13.9 Å². The second-order valence-corrected chi connectivity index (χ2v) is 10.7. The number of anilines is 2. The predicted octanol–water partition coefficient (Wildman–Crippen LogP) is 5.78. The van der Waals surface area contributed by atoms with Crippen LogP contribution >= 0.6 is 0 Å². The van der Waals surface area contributed by atoms with Gasteiger partial charge < -0.3 is 15.0 Å². The van der Waals surface area contributed by atoms with Gasteiger partial charge in [-0.25, -0.2) is 24.0 Å². The van der Waals surface area contributed by atoms with Crippen LogP contribution in [0.25, 0.3) is 27.6 Å². The van der Waals surface area contributed by atoms with Gasteiger partial charge in [0.1, 0.15) is 28.9 Å². The summed E-state index contributed by atoms with van der Waals surface area (Å²) < 4.78 is 21.5. The molecule has 2 aliphatic rings. The van der Waals surface area contributed by atoms with Crippen LogP contribution in [0.4, 0.5) is 15.9 Å². The van der Waals surface area contributed by atoms with Crippen molar-refractivity contribution in [2.75, 3.05) is 5.32 Å². The fourth-order valence-electron chi connectivity index (χ4n) is 5.88. The molecule has 10 nitrogen and oxygen atoms in total. The average molecular weight is 563 g/mol. The Hall–Kier alpha value is -5.19. The molecule has 1 fully saturated rings. The third-order valence-corrected chi connectivity index (χ3v) is 7.92. The normalized spacial score (nSPS) is 17.9. The van der Waals surface area contributed by atoms with Gasteiger partial charge in [-0.3, -0.25) is 4.79 Å². The van der Waals surface area contributed by atoms with Gasteiger partial charge in [-0.05, 0) is 79.8 Å². The van der Waals surface area contributed by atoms with Gasteiger partial charge in [0, 0.05) is 24.8 Å². The van der Waals surface area contributed by atoms with E-state index in [0.29, 0.717) is 29.0 Å². The van der Waals surface area contributed by atoms with Crippen LogP contribution in [0.15, 0.2) is 73.3 Å². The first-order valence-electron chi connectivity index (χ1n) is 13.7. The van der Waals surface area contributed by atoms with Gasteiger partial charge >= 0.3 is 0 Å². The summed E-state index contributed by atoms with van der Waals surface area (Å²) in [6, 6.07) is 15.1. The van der Waals surface area contributed by atoms with E-state index in [1.54, 1.807) is 9.58 Å². The summed E-state index contributed by atoms with van der Waals surface area (Å²) in [4.78, 5) is 27.8. The molecule has 0 saturated carbocycles. The molecule has 0 aliphatic carbocycles. The van der Waals surface area contributed by atoms with Crippen LogP contribution in [0.2, 0.25) is 0 Å². The van der Waals surface area contributed by atoms with Crippen LogP contribution in [0.5, 0.6) is 11.5 Å². The Morgan fingerprint density at radius 1 is 1.10 bits per heavy atom. The number of fused-ring (bicyclic) bond motifs is 4. The van der Waals surface area contributed by atoms with E-state index in [1.165, 1.54) is 6.33 Å². The van der Waals surface area contributed by atoms with E-state index in [0.717, 1.165) is 52.1 Å². The summed E-state index contributed by atoms with van der Waals surface area (Å²) >= 11 is 0. The van der Waals surface area contributed by atoms with Gasteiger partial charge in [0.05, 0.1) is 22.8 Å². The molecule has 2 aromatic carbocycles. The monoisotopic (exact) mass is 562 g/mol. The molecule has 7 rings (SSSR count). The minimum Gasteiger partial charge on any atom is -0.457 e. The molecule has 2 bridgehead atoms. The van der Waals surface area contributed by atoms with Crippen molar-refractivity contribution in [2.24, 2.45) is 7.05 Å². The lowest BCUT2D eigenvalue weighted by Gasteiger charge is -2.33. The maximum Gasteiger partial charge on any atom is 0.282 e. The van der Waals surface area contributed by atoms with E-state index in [4.69, 9.17) is 9.72 Å². The Morgan fingerprint density at radius 3 is 2.79 bits per heavy atom. The summed E-state index contributed by atoms with van der Waals surface area (Å²) in [6.07, 6.45) is 5.76. The molecule has 0 spiro atoms. The summed E-state index contributed by atoms with van der Waals surface area (Å²) in [5.41, 5.74) is 6.62. The largest absolute Gasteiger partial charge is 0.457 e. The highest BCUT2D eigenvalue weighted by Crippen LogP contribution is 2.39. The third kappa shape index (κ3) is 4.52. The molecule has 1 saturated heterocycles. The number of amides is 1. The van der Waals surface area contributed by atoms with Gasteiger partial charge in [-0.15, -0.1) is 5.10 Å². The Morgan fingerprint density at radius 2 is 1.98 bits per heavy atom. The van der Waals surface area contributed by atoms with Crippen LogP contribution in [0.3, 0.4) is 0 Å². The number of halogens is 1. The Kier molecular flexibility index (Phi) is 6.14. The number of carbonyl (C=O) groups excluding carboxylic acids is 1. The van der Waals surface area contributed by atoms with Gasteiger partial charge in [0.25, 0.3) is 5.91 Å². The van der Waals surface area contributed by atoms with Crippen LogP contribution in [-0.4, -0.2) is 52.8 Å². The van der Waals surface area contributed by atoms with Gasteiger partial charge in [0.15, 0.2) is 11.6 Å². The first kappa shape index (κ1) is 25.8. The molecule has 1 amide bonds. The average Bonchev–Trinajstić information content (AvgIpc) is 3.48. The van der Waals surface area contributed by atoms with E-state index in [9.17, 15) is 9.18 Å². The van der Waals surface area contributed by atoms with Gasteiger partial charge in [0.2, 0.25) is 0 Å². The molecular weight excluding hydrogens is 535 g/mol. The number of rotatable bonds is 6. The van der Waals surface area contributed by atoms with Gasteiger partial charge in [-0.1, -0.05) is 17.9 Å². The lowest BCUT2D eigenvalue weighted by Crippen LogP contribution is -2.43. The SMILES string of the molecule is C=C(F)C(=O)N1C2C=C(c3ccc4ncnc(Nc5ccc(Oc6ccc7c(c6)nnn7C)c(C)c5)c4n3)CC1CC2. The molecule has 3 aromatic heterocycles. The van der Waals surface area contributed by atoms with E-state index < -0.39 is 11.7 Å². The quantitative estimate of drug-likeness (QED) is 0.259. The second kappa shape index (κ2) is 10.0. The standard InChI is InChI=1S/C31H27FN8O2/c1-17-12-20(4-11-28(17)42-23-7-10-27-26(15-23)37-38-39(27)3)35-30-29-25(33-16-34-30)9-8-24(36-29)19-13-21-5-6-22(14-19)40(21)31(41)18(2)32/h4,7-13,15-16,21-22H,2,5-6,14H2,1,3H3,(H,33,34,35). The van der Waals surface area contributed by atoms with Crippen molar-refractivity contribution in [3.63, 3.8) is 0 Å². The lowest BCUT2D eigenvalue weighted by atomic mass is 9.97. The zero-order chi connectivity index (χ0) is 29.0. The smallest absolute Gasteiger partial charge is 0.282 e. The molecule has 2 atom stereocenters. The summed E-state index contributed by atoms with van der Waals surface area (Å²) in [5.74, 6) is 0.437. The predicted molar refractivity (Wildman–Crippen MR) is 157 cm³/mol. The minimum atomic E-state index is -0.918. The summed E-state index contributed by atoms with van der Waals surface area (Å²) in [6.45, 7) is 5.18. The highest BCUT2D eigenvalue weighted by atomic mass is 19.1. The van der Waals surface area contributed by atoms with Crippen LogP contribution in [0.1, 0.15) is 30.5 Å². The number of nitrogens with one attached hydrogen (secondary N) is 1. The Labute approximate surface area is 240 Å². The number of hydrogen-bond donors (Lipinski definition) is 1. The van der Waals surface area contributed by atoms with Crippen molar-refractivity contribution >= 4 is 45.1 Å². The van der Waals surface area contributed by atoms with Crippen molar-refractivity contribution in [3.05, 3.63) is 84.6 Å². The molecule has 42 heavy (non-hydrogen) atoms. The van der Waals surface area contributed by atoms with E-state index in [2.05, 4.69) is 32.2 Å². The van der Waals surface area contributed by atoms with E-state index >= 15 is 0 Å². The van der Waals surface area contributed by atoms with Crippen molar-refractivity contribution in [1.29, 1.82) is 0 Å². The number of carbonyl (C=O) groups is 1. The van der Waals surface area contributed by atoms with Crippen LogP contribution in [-0.2, 0) is 11.8 Å².